The Kier molecular flexibility index (Phi) is 3.24. The molecule has 0 bridgehead atoms. The van der Waals surface area contributed by atoms with Gasteiger partial charge in [-0.05, 0) is 40.0 Å². The number of rotatable bonds is 3. The molecule has 0 aliphatic heterocycles. The van der Waals surface area contributed by atoms with Gasteiger partial charge in [-0.1, -0.05) is 13.0 Å². The lowest BCUT2D eigenvalue weighted by molar-refractivity contribution is -0.141. The van der Waals surface area contributed by atoms with Crippen LogP contribution in [0.25, 0.3) is 10.9 Å². The van der Waals surface area contributed by atoms with Gasteiger partial charge in [0.25, 0.3) is 0 Å². The molecule has 0 radical (unpaired) electrons. The number of carboxylic acid groups (broad SMARTS) is 1. The van der Waals surface area contributed by atoms with Crippen molar-refractivity contribution in [3.8, 4) is 0 Å². The van der Waals surface area contributed by atoms with Crippen LogP contribution in [0.2, 0.25) is 0 Å². The van der Waals surface area contributed by atoms with Crippen LogP contribution in [0.3, 0.4) is 0 Å². The number of hydrogen-bond donors (Lipinski definition) is 1. The molecule has 2 aromatic rings. The standard InChI is InChI=1S/C13H14BrNO2/c1-8(13(16)17)5-9-3-4-12-10(6-9)11(14)7-15(12)2/h3-4,6-8H,5H2,1-2H3,(H,16,17). The van der Waals surface area contributed by atoms with Crippen LogP contribution in [-0.2, 0) is 18.3 Å². The van der Waals surface area contributed by atoms with Crippen molar-refractivity contribution in [2.75, 3.05) is 0 Å². The Hall–Kier alpha value is -1.29. The summed E-state index contributed by atoms with van der Waals surface area (Å²) in [7, 11) is 1.99. The lowest BCUT2D eigenvalue weighted by Crippen LogP contribution is -2.12. The zero-order valence-corrected chi connectivity index (χ0v) is 11.4. The zero-order chi connectivity index (χ0) is 12.6. The molecule has 1 N–H and O–H groups in total. The van der Waals surface area contributed by atoms with E-state index in [4.69, 9.17) is 5.11 Å². The molecular weight excluding hydrogens is 282 g/mol. The van der Waals surface area contributed by atoms with E-state index in [0.29, 0.717) is 6.42 Å². The molecule has 1 heterocycles. The molecule has 0 saturated carbocycles. The summed E-state index contributed by atoms with van der Waals surface area (Å²) >= 11 is 3.51. The second-order valence-electron chi connectivity index (χ2n) is 4.38. The van der Waals surface area contributed by atoms with Crippen LogP contribution in [0.15, 0.2) is 28.9 Å². The lowest BCUT2D eigenvalue weighted by Gasteiger charge is -2.06. The Morgan fingerprint density at radius 2 is 2.24 bits per heavy atom. The van der Waals surface area contributed by atoms with Crippen molar-refractivity contribution in [2.45, 2.75) is 13.3 Å². The molecule has 0 saturated heterocycles. The second-order valence-corrected chi connectivity index (χ2v) is 5.24. The van der Waals surface area contributed by atoms with Gasteiger partial charge >= 0.3 is 5.97 Å². The maximum absolute atomic E-state index is 10.8. The highest BCUT2D eigenvalue weighted by molar-refractivity contribution is 9.10. The fourth-order valence-electron chi connectivity index (χ4n) is 1.96. The number of carboxylic acids is 1. The maximum Gasteiger partial charge on any atom is 0.306 e. The molecule has 0 spiro atoms. The van der Waals surface area contributed by atoms with E-state index in [1.54, 1.807) is 6.92 Å². The highest BCUT2D eigenvalue weighted by Crippen LogP contribution is 2.27. The van der Waals surface area contributed by atoms with Gasteiger partial charge in [0, 0.05) is 28.6 Å². The van der Waals surface area contributed by atoms with Gasteiger partial charge in [-0.15, -0.1) is 0 Å². The van der Waals surface area contributed by atoms with Crippen molar-refractivity contribution in [1.82, 2.24) is 4.57 Å². The summed E-state index contributed by atoms with van der Waals surface area (Å²) in [4.78, 5) is 10.8. The van der Waals surface area contributed by atoms with Gasteiger partial charge in [0.1, 0.15) is 0 Å². The van der Waals surface area contributed by atoms with Crippen molar-refractivity contribution >= 4 is 32.8 Å². The van der Waals surface area contributed by atoms with E-state index in [-0.39, 0.29) is 5.92 Å². The number of carbonyl (C=O) groups is 1. The molecule has 3 nitrogen and oxygen atoms in total. The fourth-order valence-corrected chi connectivity index (χ4v) is 2.58. The average Bonchev–Trinajstić information content (AvgIpc) is 2.54. The Morgan fingerprint density at radius 3 is 2.88 bits per heavy atom. The molecule has 2 rings (SSSR count). The molecule has 4 heteroatoms. The summed E-state index contributed by atoms with van der Waals surface area (Å²) in [6.45, 7) is 1.73. The van der Waals surface area contributed by atoms with Crippen molar-refractivity contribution in [3.63, 3.8) is 0 Å². The summed E-state index contributed by atoms with van der Waals surface area (Å²) in [6.07, 6.45) is 2.57. The molecule has 0 aliphatic rings. The van der Waals surface area contributed by atoms with Crippen molar-refractivity contribution in [3.05, 3.63) is 34.4 Å². The molecule has 17 heavy (non-hydrogen) atoms. The Bertz CT molecular complexity index is 574. The van der Waals surface area contributed by atoms with Crippen molar-refractivity contribution in [1.29, 1.82) is 0 Å². The minimum absolute atomic E-state index is 0.352. The number of nitrogens with zero attached hydrogens (tertiary/aromatic N) is 1. The first-order valence-corrected chi connectivity index (χ1v) is 6.24. The molecule has 0 amide bonds. The molecular formula is C13H14BrNO2. The van der Waals surface area contributed by atoms with E-state index in [0.717, 1.165) is 20.9 Å². The Balaban J connectivity index is 2.38. The third-order valence-corrected chi connectivity index (χ3v) is 3.60. The van der Waals surface area contributed by atoms with Crippen LogP contribution in [0.5, 0.6) is 0 Å². The molecule has 1 unspecified atom stereocenters. The van der Waals surface area contributed by atoms with Gasteiger partial charge in [0.05, 0.1) is 5.92 Å². The SMILES string of the molecule is CC(Cc1ccc2c(c1)c(Br)cn2C)C(=O)O. The van der Waals surface area contributed by atoms with Crippen LogP contribution < -0.4 is 0 Å². The summed E-state index contributed by atoms with van der Waals surface area (Å²) in [6, 6.07) is 6.08. The van der Waals surface area contributed by atoms with Crippen LogP contribution in [-0.4, -0.2) is 15.6 Å². The summed E-state index contributed by atoms with van der Waals surface area (Å²) in [5.74, 6) is -1.10. The van der Waals surface area contributed by atoms with E-state index >= 15 is 0 Å². The third-order valence-electron chi connectivity index (χ3n) is 2.97. The summed E-state index contributed by atoms with van der Waals surface area (Å²) < 4.78 is 3.09. The number of aliphatic carboxylic acids is 1. The smallest absolute Gasteiger partial charge is 0.306 e. The number of halogens is 1. The van der Waals surface area contributed by atoms with Crippen LogP contribution >= 0.6 is 15.9 Å². The number of benzene rings is 1. The predicted molar refractivity (Wildman–Crippen MR) is 71.1 cm³/mol. The van der Waals surface area contributed by atoms with Crippen LogP contribution in [0.1, 0.15) is 12.5 Å². The van der Waals surface area contributed by atoms with E-state index in [9.17, 15) is 4.79 Å². The third kappa shape index (κ3) is 2.36. The van der Waals surface area contributed by atoms with E-state index in [1.807, 2.05) is 29.9 Å². The Morgan fingerprint density at radius 1 is 1.53 bits per heavy atom. The second kappa shape index (κ2) is 4.53. The normalized spacial score (nSPS) is 12.9. The van der Waals surface area contributed by atoms with E-state index in [1.165, 1.54) is 0 Å². The first-order valence-electron chi connectivity index (χ1n) is 5.45. The molecule has 0 fully saturated rings. The van der Waals surface area contributed by atoms with Gasteiger partial charge in [-0.3, -0.25) is 4.79 Å². The largest absolute Gasteiger partial charge is 0.481 e. The van der Waals surface area contributed by atoms with Crippen molar-refractivity contribution < 1.29 is 9.90 Å². The molecule has 90 valence electrons. The molecule has 1 atom stereocenters. The highest BCUT2D eigenvalue weighted by Gasteiger charge is 2.12. The van der Waals surface area contributed by atoms with Crippen LogP contribution in [0, 0.1) is 5.92 Å². The quantitative estimate of drug-likeness (QED) is 0.945. The van der Waals surface area contributed by atoms with Gasteiger partial charge < -0.3 is 9.67 Å². The number of aromatic nitrogens is 1. The first-order chi connectivity index (χ1) is 7.99. The fraction of sp³-hybridized carbons (Fsp3) is 0.308. The molecule has 1 aromatic heterocycles. The predicted octanol–water partition coefficient (Wildman–Crippen LogP) is 3.20. The maximum atomic E-state index is 10.8. The first kappa shape index (κ1) is 12.2. The summed E-state index contributed by atoms with van der Waals surface area (Å²) in [5, 5.41) is 10.0. The zero-order valence-electron chi connectivity index (χ0n) is 9.77. The summed E-state index contributed by atoms with van der Waals surface area (Å²) in [5.41, 5.74) is 2.20. The van der Waals surface area contributed by atoms with Gasteiger partial charge in [-0.2, -0.15) is 0 Å². The van der Waals surface area contributed by atoms with E-state index < -0.39 is 5.97 Å². The molecule has 0 aliphatic carbocycles. The van der Waals surface area contributed by atoms with Gasteiger partial charge in [-0.25, -0.2) is 0 Å². The minimum Gasteiger partial charge on any atom is -0.481 e. The topological polar surface area (TPSA) is 42.2 Å². The Labute approximate surface area is 108 Å². The average molecular weight is 296 g/mol. The lowest BCUT2D eigenvalue weighted by atomic mass is 10.0. The minimum atomic E-state index is -0.753. The van der Waals surface area contributed by atoms with Gasteiger partial charge in [0.15, 0.2) is 0 Å². The van der Waals surface area contributed by atoms with Gasteiger partial charge in [0.2, 0.25) is 0 Å². The highest BCUT2D eigenvalue weighted by atomic mass is 79.9. The number of hydrogen-bond acceptors (Lipinski definition) is 1. The molecule has 1 aromatic carbocycles. The monoisotopic (exact) mass is 295 g/mol. The van der Waals surface area contributed by atoms with Crippen LogP contribution in [0.4, 0.5) is 0 Å². The van der Waals surface area contributed by atoms with E-state index in [2.05, 4.69) is 22.0 Å². The number of fused-ring (bicyclic) bond motifs is 1. The number of aryl methyl sites for hydroxylation is 1. The van der Waals surface area contributed by atoms with Crippen molar-refractivity contribution in [2.24, 2.45) is 13.0 Å².